The third-order valence-electron chi connectivity index (χ3n) is 5.74. The summed E-state index contributed by atoms with van der Waals surface area (Å²) < 4.78 is 5.97. The smallest absolute Gasteiger partial charge is 0.480 e. The molecule has 1 aromatic carbocycles. The zero-order valence-corrected chi connectivity index (χ0v) is 15.4. The zero-order chi connectivity index (χ0) is 19.5. The number of Topliss-reactive ketones (excluding diaryl/α,β-unsaturated/α-hetero) is 1. The van der Waals surface area contributed by atoms with E-state index in [0.29, 0.717) is 12.1 Å². The normalized spacial score (nSPS) is 32.5. The van der Waals surface area contributed by atoms with E-state index in [1.807, 2.05) is 19.9 Å². The third-order valence-corrected chi connectivity index (χ3v) is 5.74. The fourth-order valence-corrected chi connectivity index (χ4v) is 4.68. The van der Waals surface area contributed by atoms with Crippen LogP contribution in [0.5, 0.6) is 0 Å². The van der Waals surface area contributed by atoms with Crippen LogP contribution in [0.1, 0.15) is 36.7 Å². The van der Waals surface area contributed by atoms with Crippen molar-refractivity contribution in [3.05, 3.63) is 29.3 Å². The molecule has 142 valence electrons. The van der Waals surface area contributed by atoms with Crippen LogP contribution < -0.4 is 15.2 Å². The second kappa shape index (κ2) is 5.88. The van der Waals surface area contributed by atoms with E-state index in [0.717, 1.165) is 11.3 Å². The molecule has 1 aromatic rings. The summed E-state index contributed by atoms with van der Waals surface area (Å²) in [6, 6.07) is 4.17. The van der Waals surface area contributed by atoms with Gasteiger partial charge in [-0.05, 0) is 44.5 Å². The number of fused-ring (bicyclic) bond motifs is 4. The van der Waals surface area contributed by atoms with Gasteiger partial charge in [0.1, 0.15) is 0 Å². The molecule has 3 aliphatic heterocycles. The molecule has 4 rings (SSSR count). The van der Waals surface area contributed by atoms with Gasteiger partial charge in [0.25, 0.3) is 5.90 Å². The number of ether oxygens (including phenoxy) is 1. The van der Waals surface area contributed by atoms with E-state index in [1.165, 1.54) is 6.92 Å². The van der Waals surface area contributed by atoms with Gasteiger partial charge >= 0.3 is 11.9 Å². The molecule has 27 heavy (non-hydrogen) atoms. The maximum Gasteiger partial charge on any atom is 0.498 e. The Labute approximate surface area is 156 Å². The number of amides is 3. The van der Waals surface area contributed by atoms with Crippen molar-refractivity contribution >= 4 is 29.3 Å². The molecule has 0 aromatic heterocycles. The molecule has 0 radical (unpaired) electrons. The molecule has 1 spiro atoms. The summed E-state index contributed by atoms with van der Waals surface area (Å²) in [7, 11) is 0. The van der Waals surface area contributed by atoms with Gasteiger partial charge in [0.15, 0.2) is 11.2 Å². The number of urea groups is 1. The van der Waals surface area contributed by atoms with Crippen molar-refractivity contribution in [2.24, 2.45) is 5.41 Å². The fourth-order valence-electron chi connectivity index (χ4n) is 4.68. The number of aliphatic hydroxyl groups is 1. The predicted molar refractivity (Wildman–Crippen MR) is 95.9 cm³/mol. The van der Waals surface area contributed by atoms with Crippen LogP contribution in [-0.4, -0.2) is 53.5 Å². The number of nitrogens with zero attached hydrogens (tertiary/aromatic N) is 1. The van der Waals surface area contributed by atoms with Crippen LogP contribution in [-0.2, 0) is 16.0 Å². The van der Waals surface area contributed by atoms with Crippen molar-refractivity contribution in [2.75, 3.05) is 11.4 Å². The van der Waals surface area contributed by atoms with Gasteiger partial charge in [0, 0.05) is 24.2 Å². The minimum Gasteiger partial charge on any atom is -0.480 e. The highest BCUT2D eigenvalue weighted by Crippen LogP contribution is 2.46. The zero-order valence-electron chi connectivity index (χ0n) is 15.4. The molecule has 0 unspecified atom stereocenters. The number of morpholine rings is 1. The molecule has 0 aliphatic carbocycles. The standard InChI is InChI=1S/C19H21N3O5/c1-9-8-22-14-5-4-12(10(2)23)6-13(14)7-19(15(22)11(3)27-9)16(24)20-18(26)21-17(19)25/h4-6,9,11,15H,7-8H2,1-3H3,(H2,20,21,24,25,26)/p+1/t9-,11+,15-/m1/s1. The van der Waals surface area contributed by atoms with Crippen LogP contribution in [0.15, 0.2) is 18.2 Å². The minimum atomic E-state index is -1.39. The Morgan fingerprint density at radius 3 is 2.78 bits per heavy atom. The molecular formula is C19H22N3O5+. The van der Waals surface area contributed by atoms with Crippen molar-refractivity contribution < 1.29 is 29.2 Å². The van der Waals surface area contributed by atoms with Crippen molar-refractivity contribution in [3.63, 3.8) is 0 Å². The summed E-state index contributed by atoms with van der Waals surface area (Å²) in [5, 5.41) is 13.0. The summed E-state index contributed by atoms with van der Waals surface area (Å²) in [6.45, 7) is 5.82. The molecule has 4 atom stereocenters. The van der Waals surface area contributed by atoms with E-state index >= 15 is 0 Å². The van der Waals surface area contributed by atoms with Crippen LogP contribution in [0, 0.1) is 5.41 Å². The molecule has 0 bridgehead atoms. The quantitative estimate of drug-likeness (QED) is 0.584. The Morgan fingerprint density at radius 2 is 2.11 bits per heavy atom. The average Bonchev–Trinajstić information content (AvgIpc) is 2.58. The van der Waals surface area contributed by atoms with Crippen molar-refractivity contribution in [3.8, 4) is 0 Å². The lowest BCUT2D eigenvalue weighted by Crippen LogP contribution is -2.91. The fraction of sp³-hybridized carbons (Fsp3) is 0.474. The Hall–Kier alpha value is -2.74. The molecule has 0 saturated carbocycles. The predicted octanol–water partition coefficient (Wildman–Crippen LogP) is -0.299. The minimum absolute atomic E-state index is 0.0740. The van der Waals surface area contributed by atoms with Crippen LogP contribution in [0.2, 0.25) is 0 Å². The number of aliphatic hydroxyl groups excluding tert-OH is 1. The number of carbonyl (C=O) groups excluding carboxylic acids is 3. The molecule has 8 heteroatoms. The first-order valence-electron chi connectivity index (χ1n) is 8.99. The monoisotopic (exact) mass is 372 g/mol. The van der Waals surface area contributed by atoms with Crippen molar-refractivity contribution in [1.82, 2.24) is 5.32 Å². The first kappa shape index (κ1) is 17.7. The molecule has 3 aliphatic rings. The number of hydrogen-bond acceptors (Lipinski definition) is 5. The SMILES string of the molecule is CC(=O)c1ccc2c(c1)C[C@]1(C(=O)NC(=O)[NH+]=C1O)[C@H]1[C@H](C)O[C@H](C)CN21. The summed E-state index contributed by atoms with van der Waals surface area (Å²) in [4.78, 5) is 40.9. The van der Waals surface area contributed by atoms with Gasteiger partial charge in [-0.2, -0.15) is 15.1 Å². The number of anilines is 1. The van der Waals surface area contributed by atoms with Gasteiger partial charge in [-0.3, -0.25) is 4.79 Å². The average molecular weight is 372 g/mol. The third kappa shape index (κ3) is 2.47. The topological polar surface area (TPSA) is 110 Å². The van der Waals surface area contributed by atoms with Crippen molar-refractivity contribution in [2.45, 2.75) is 45.4 Å². The Bertz CT molecular complexity index is 895. The maximum atomic E-state index is 13.0. The largest absolute Gasteiger partial charge is 0.498 e. The maximum absolute atomic E-state index is 13.0. The van der Waals surface area contributed by atoms with E-state index in [-0.39, 0.29) is 30.3 Å². The van der Waals surface area contributed by atoms with Gasteiger partial charge in [0.2, 0.25) is 0 Å². The summed E-state index contributed by atoms with van der Waals surface area (Å²) in [5.41, 5.74) is 0.834. The van der Waals surface area contributed by atoms with Gasteiger partial charge < -0.3 is 14.7 Å². The molecular weight excluding hydrogens is 350 g/mol. The highest BCUT2D eigenvalue weighted by atomic mass is 16.5. The second-order valence-electron chi connectivity index (χ2n) is 7.55. The van der Waals surface area contributed by atoms with Crippen molar-refractivity contribution in [1.29, 1.82) is 0 Å². The number of hydrogen-bond donors (Lipinski definition) is 3. The Kier molecular flexibility index (Phi) is 3.85. The number of ketones is 1. The summed E-state index contributed by atoms with van der Waals surface area (Å²) in [6.07, 6.45) is -0.280. The number of benzene rings is 1. The molecule has 8 nitrogen and oxygen atoms in total. The highest BCUT2D eigenvalue weighted by molar-refractivity contribution is 6.12. The number of imide groups is 1. The van der Waals surface area contributed by atoms with E-state index < -0.39 is 23.4 Å². The van der Waals surface area contributed by atoms with E-state index in [4.69, 9.17) is 4.74 Å². The summed E-state index contributed by atoms with van der Waals surface area (Å²) in [5.74, 6) is -1.02. The van der Waals surface area contributed by atoms with E-state index in [9.17, 15) is 19.5 Å². The lowest BCUT2D eigenvalue weighted by molar-refractivity contribution is -0.366. The second-order valence-corrected chi connectivity index (χ2v) is 7.55. The van der Waals surface area contributed by atoms with Gasteiger partial charge in [-0.25, -0.2) is 4.79 Å². The Balaban J connectivity index is 1.95. The van der Waals surface area contributed by atoms with Gasteiger partial charge in [-0.15, -0.1) is 0 Å². The number of carbonyl (C=O) groups is 3. The molecule has 1 fully saturated rings. The molecule has 3 N–H and O–H groups in total. The van der Waals surface area contributed by atoms with E-state index in [2.05, 4.69) is 15.2 Å². The Morgan fingerprint density at radius 1 is 1.37 bits per heavy atom. The summed E-state index contributed by atoms with van der Waals surface area (Å²) >= 11 is 0. The first-order chi connectivity index (χ1) is 12.7. The molecule has 1 saturated heterocycles. The number of nitrogens with one attached hydrogen (secondary N) is 2. The van der Waals surface area contributed by atoms with Crippen LogP contribution in [0.4, 0.5) is 10.5 Å². The van der Waals surface area contributed by atoms with Gasteiger partial charge in [0.05, 0.1) is 18.2 Å². The van der Waals surface area contributed by atoms with E-state index in [1.54, 1.807) is 12.1 Å². The first-order valence-corrected chi connectivity index (χ1v) is 8.99. The lowest BCUT2D eigenvalue weighted by Gasteiger charge is -2.53. The molecule has 3 amide bonds. The van der Waals surface area contributed by atoms with Gasteiger partial charge in [-0.1, -0.05) is 0 Å². The molecule has 3 heterocycles. The van der Waals surface area contributed by atoms with Crippen LogP contribution in [0.3, 0.4) is 0 Å². The number of rotatable bonds is 1. The lowest BCUT2D eigenvalue weighted by atomic mass is 9.67. The van der Waals surface area contributed by atoms with Crippen LogP contribution in [0.25, 0.3) is 0 Å². The highest BCUT2D eigenvalue weighted by Gasteiger charge is 2.64. The van der Waals surface area contributed by atoms with Crippen LogP contribution >= 0.6 is 0 Å².